The first-order valence-electron chi connectivity index (χ1n) is 7.27. The molecule has 1 aromatic carbocycles. The molecular formula is C16H17N3O3. The largest absolute Gasteiger partial charge is 0.369 e. The van der Waals surface area contributed by atoms with E-state index in [2.05, 4.69) is 4.98 Å². The van der Waals surface area contributed by atoms with Crippen molar-refractivity contribution in [3.05, 3.63) is 46.2 Å². The number of nitrogens with two attached hydrogens (primary N) is 1. The number of nitrogens with zero attached hydrogens (tertiary/aromatic N) is 1. The average molecular weight is 299 g/mol. The molecule has 1 aliphatic rings. The molecule has 0 atom stereocenters. The molecule has 22 heavy (non-hydrogen) atoms. The SMILES string of the molecule is NC(=O)C1CCN(C(=O)c2cc3ccccc3[nH]c2=O)CC1. The molecule has 0 bridgehead atoms. The van der Waals surface area contributed by atoms with Crippen molar-refractivity contribution in [3.8, 4) is 0 Å². The molecule has 0 spiro atoms. The van der Waals surface area contributed by atoms with E-state index in [1.807, 2.05) is 18.2 Å². The van der Waals surface area contributed by atoms with Crippen LogP contribution in [0.4, 0.5) is 0 Å². The number of likely N-dealkylation sites (tertiary alicyclic amines) is 1. The first-order chi connectivity index (χ1) is 10.6. The Morgan fingerprint density at radius 1 is 1.18 bits per heavy atom. The lowest BCUT2D eigenvalue weighted by atomic mass is 9.96. The fourth-order valence-corrected chi connectivity index (χ4v) is 2.84. The van der Waals surface area contributed by atoms with Gasteiger partial charge in [-0.1, -0.05) is 18.2 Å². The topological polar surface area (TPSA) is 96.3 Å². The minimum Gasteiger partial charge on any atom is -0.369 e. The van der Waals surface area contributed by atoms with Gasteiger partial charge in [0.05, 0.1) is 0 Å². The van der Waals surface area contributed by atoms with Crippen molar-refractivity contribution in [1.29, 1.82) is 0 Å². The molecule has 3 rings (SSSR count). The molecule has 0 aliphatic carbocycles. The van der Waals surface area contributed by atoms with Gasteiger partial charge in [-0.2, -0.15) is 0 Å². The third kappa shape index (κ3) is 2.59. The molecule has 1 fully saturated rings. The number of fused-ring (bicyclic) bond motifs is 1. The molecule has 6 nitrogen and oxygen atoms in total. The maximum Gasteiger partial charge on any atom is 0.261 e. The predicted octanol–water partition coefficient (Wildman–Crippen LogP) is 0.866. The summed E-state index contributed by atoms with van der Waals surface area (Å²) in [6.45, 7) is 0.886. The number of aromatic amines is 1. The number of pyridine rings is 1. The van der Waals surface area contributed by atoms with E-state index in [1.165, 1.54) is 0 Å². The van der Waals surface area contributed by atoms with E-state index in [0.717, 1.165) is 5.39 Å². The normalized spacial score (nSPS) is 15.9. The van der Waals surface area contributed by atoms with Gasteiger partial charge in [0.1, 0.15) is 5.56 Å². The lowest BCUT2D eigenvalue weighted by molar-refractivity contribution is -0.123. The Morgan fingerprint density at radius 2 is 1.86 bits per heavy atom. The summed E-state index contributed by atoms with van der Waals surface area (Å²) in [7, 11) is 0. The van der Waals surface area contributed by atoms with Crippen molar-refractivity contribution in [2.75, 3.05) is 13.1 Å². The highest BCUT2D eigenvalue weighted by Gasteiger charge is 2.27. The number of H-pyrrole nitrogens is 1. The van der Waals surface area contributed by atoms with Crippen LogP contribution in [0.5, 0.6) is 0 Å². The molecular weight excluding hydrogens is 282 g/mol. The van der Waals surface area contributed by atoms with Crippen molar-refractivity contribution >= 4 is 22.7 Å². The Hall–Kier alpha value is -2.63. The monoisotopic (exact) mass is 299 g/mol. The second-order valence-corrected chi connectivity index (χ2v) is 5.57. The van der Waals surface area contributed by atoms with Crippen LogP contribution in [-0.2, 0) is 4.79 Å². The maximum absolute atomic E-state index is 12.5. The first-order valence-corrected chi connectivity index (χ1v) is 7.27. The van der Waals surface area contributed by atoms with Crippen LogP contribution in [0.1, 0.15) is 23.2 Å². The van der Waals surface area contributed by atoms with Gasteiger partial charge in [-0.25, -0.2) is 0 Å². The number of para-hydroxylation sites is 1. The van der Waals surface area contributed by atoms with Crippen LogP contribution in [0.2, 0.25) is 0 Å². The molecule has 0 unspecified atom stereocenters. The standard InChI is InChI=1S/C16H17N3O3/c17-14(20)10-5-7-19(8-6-10)16(22)12-9-11-3-1-2-4-13(11)18-15(12)21/h1-4,9-10H,5-8H2,(H2,17,20)(H,18,21). The summed E-state index contributed by atoms with van der Waals surface area (Å²) >= 11 is 0. The summed E-state index contributed by atoms with van der Waals surface area (Å²) in [6.07, 6.45) is 1.10. The van der Waals surface area contributed by atoms with E-state index < -0.39 is 0 Å². The van der Waals surface area contributed by atoms with E-state index >= 15 is 0 Å². The third-order valence-electron chi connectivity index (χ3n) is 4.17. The zero-order chi connectivity index (χ0) is 15.7. The Kier molecular flexibility index (Phi) is 3.66. The van der Waals surface area contributed by atoms with Gasteiger partial charge in [0.25, 0.3) is 11.5 Å². The van der Waals surface area contributed by atoms with E-state index in [9.17, 15) is 14.4 Å². The van der Waals surface area contributed by atoms with Crippen molar-refractivity contribution < 1.29 is 9.59 Å². The van der Waals surface area contributed by atoms with Crippen LogP contribution < -0.4 is 11.3 Å². The van der Waals surface area contributed by atoms with Crippen LogP contribution in [0, 0.1) is 5.92 Å². The quantitative estimate of drug-likeness (QED) is 0.861. The number of hydrogen-bond acceptors (Lipinski definition) is 3. The molecule has 2 amide bonds. The lowest BCUT2D eigenvalue weighted by Gasteiger charge is -2.30. The number of carbonyl (C=O) groups is 2. The van der Waals surface area contributed by atoms with Crippen LogP contribution in [-0.4, -0.2) is 34.8 Å². The molecule has 114 valence electrons. The van der Waals surface area contributed by atoms with Gasteiger partial charge >= 0.3 is 0 Å². The summed E-state index contributed by atoms with van der Waals surface area (Å²) < 4.78 is 0. The number of hydrogen-bond donors (Lipinski definition) is 2. The molecule has 0 saturated carbocycles. The van der Waals surface area contributed by atoms with Crippen LogP contribution in [0.15, 0.2) is 35.1 Å². The number of nitrogens with one attached hydrogen (secondary N) is 1. The fourth-order valence-electron chi connectivity index (χ4n) is 2.84. The minimum absolute atomic E-state index is 0.135. The van der Waals surface area contributed by atoms with E-state index in [4.69, 9.17) is 5.73 Å². The van der Waals surface area contributed by atoms with Crippen LogP contribution in [0.3, 0.4) is 0 Å². The van der Waals surface area contributed by atoms with Gasteiger partial charge in [0.2, 0.25) is 5.91 Å². The van der Waals surface area contributed by atoms with Crippen molar-refractivity contribution in [1.82, 2.24) is 9.88 Å². The summed E-state index contributed by atoms with van der Waals surface area (Å²) in [4.78, 5) is 40.1. The number of rotatable bonds is 2. The second-order valence-electron chi connectivity index (χ2n) is 5.57. The number of aromatic nitrogens is 1. The Morgan fingerprint density at radius 3 is 2.55 bits per heavy atom. The highest BCUT2D eigenvalue weighted by atomic mass is 16.2. The number of amides is 2. The molecule has 2 heterocycles. The molecule has 0 radical (unpaired) electrons. The average Bonchev–Trinajstić information content (AvgIpc) is 2.53. The summed E-state index contributed by atoms with van der Waals surface area (Å²) in [5.41, 5.74) is 5.74. The van der Waals surface area contributed by atoms with Crippen LogP contribution in [0.25, 0.3) is 10.9 Å². The second kappa shape index (κ2) is 5.63. The molecule has 3 N–H and O–H groups in total. The van der Waals surface area contributed by atoms with Gasteiger partial charge in [-0.05, 0) is 30.4 Å². The lowest BCUT2D eigenvalue weighted by Crippen LogP contribution is -2.43. The number of primary amides is 1. The van der Waals surface area contributed by atoms with Gasteiger partial charge < -0.3 is 15.6 Å². The van der Waals surface area contributed by atoms with E-state index in [1.54, 1.807) is 17.0 Å². The van der Waals surface area contributed by atoms with Crippen molar-refractivity contribution in [2.24, 2.45) is 11.7 Å². The first kappa shape index (κ1) is 14.3. The Balaban J connectivity index is 1.85. The van der Waals surface area contributed by atoms with Gasteiger partial charge in [-0.3, -0.25) is 14.4 Å². The molecule has 6 heteroatoms. The smallest absolute Gasteiger partial charge is 0.261 e. The summed E-state index contributed by atoms with van der Waals surface area (Å²) in [6, 6.07) is 8.95. The van der Waals surface area contributed by atoms with Gasteiger partial charge in [0.15, 0.2) is 0 Å². The number of piperidine rings is 1. The van der Waals surface area contributed by atoms with Crippen molar-refractivity contribution in [3.63, 3.8) is 0 Å². The zero-order valence-electron chi connectivity index (χ0n) is 12.0. The minimum atomic E-state index is -0.388. The number of carbonyl (C=O) groups excluding carboxylic acids is 2. The number of benzene rings is 1. The molecule has 2 aromatic rings. The predicted molar refractivity (Wildman–Crippen MR) is 82.4 cm³/mol. The van der Waals surface area contributed by atoms with E-state index in [-0.39, 0.29) is 28.9 Å². The third-order valence-corrected chi connectivity index (χ3v) is 4.17. The molecule has 1 aromatic heterocycles. The van der Waals surface area contributed by atoms with Gasteiger partial charge in [0, 0.05) is 24.5 Å². The summed E-state index contributed by atoms with van der Waals surface area (Å²) in [5, 5.41) is 0.817. The highest BCUT2D eigenvalue weighted by Crippen LogP contribution is 2.19. The maximum atomic E-state index is 12.5. The van der Waals surface area contributed by atoms with E-state index in [0.29, 0.717) is 31.4 Å². The fraction of sp³-hybridized carbons (Fsp3) is 0.312. The van der Waals surface area contributed by atoms with Crippen molar-refractivity contribution in [2.45, 2.75) is 12.8 Å². The Bertz CT molecular complexity index is 789. The van der Waals surface area contributed by atoms with Crippen LogP contribution >= 0.6 is 0 Å². The zero-order valence-corrected chi connectivity index (χ0v) is 12.0. The Labute approximate surface area is 126 Å². The molecule has 1 aliphatic heterocycles. The highest BCUT2D eigenvalue weighted by molar-refractivity contribution is 5.97. The van der Waals surface area contributed by atoms with Gasteiger partial charge in [-0.15, -0.1) is 0 Å². The summed E-state index contributed by atoms with van der Waals surface area (Å²) in [5.74, 6) is -0.801. The molecule has 1 saturated heterocycles.